The van der Waals surface area contributed by atoms with E-state index in [2.05, 4.69) is 28.6 Å². The lowest BCUT2D eigenvalue weighted by atomic mass is 9.92. The van der Waals surface area contributed by atoms with E-state index in [9.17, 15) is 0 Å². The van der Waals surface area contributed by atoms with Crippen molar-refractivity contribution in [2.45, 2.75) is 32.7 Å². The second-order valence-corrected chi connectivity index (χ2v) is 4.73. The molecule has 2 N–H and O–H groups in total. The van der Waals surface area contributed by atoms with E-state index >= 15 is 0 Å². The fourth-order valence-corrected chi connectivity index (χ4v) is 2.32. The molecule has 0 amide bonds. The molecule has 0 aliphatic carbocycles. The van der Waals surface area contributed by atoms with Crippen molar-refractivity contribution in [3.05, 3.63) is 24.0 Å². The second kappa shape index (κ2) is 5.30. The third kappa shape index (κ3) is 2.95. The Balaban J connectivity index is 1.93. The fraction of sp³-hybridized carbons (Fsp3) is 0.615. The Morgan fingerprint density at radius 2 is 2.44 bits per heavy atom. The number of hydrogen-bond acceptors (Lipinski definition) is 3. The van der Waals surface area contributed by atoms with Crippen LogP contribution in [0, 0.1) is 12.8 Å². The van der Waals surface area contributed by atoms with Gasteiger partial charge in [-0.15, -0.1) is 0 Å². The highest BCUT2D eigenvalue weighted by Gasteiger charge is 2.19. The van der Waals surface area contributed by atoms with E-state index in [0.29, 0.717) is 6.04 Å². The van der Waals surface area contributed by atoms with Crippen LogP contribution in [0.5, 0.6) is 0 Å². The zero-order chi connectivity index (χ0) is 11.4. The first kappa shape index (κ1) is 11.4. The first-order valence-corrected chi connectivity index (χ1v) is 6.15. The Morgan fingerprint density at radius 1 is 1.56 bits per heavy atom. The molecule has 3 nitrogen and oxygen atoms in total. The van der Waals surface area contributed by atoms with Crippen molar-refractivity contribution in [1.29, 1.82) is 0 Å². The number of pyridine rings is 1. The average Bonchev–Trinajstić information content (AvgIpc) is 2.30. The number of anilines is 1. The summed E-state index contributed by atoms with van der Waals surface area (Å²) < 4.78 is 0. The minimum atomic E-state index is 0.523. The predicted molar refractivity (Wildman–Crippen MR) is 67.7 cm³/mol. The Kier molecular flexibility index (Phi) is 3.78. The van der Waals surface area contributed by atoms with Crippen LogP contribution in [0.25, 0.3) is 0 Å². The van der Waals surface area contributed by atoms with Gasteiger partial charge in [-0.3, -0.25) is 4.98 Å². The van der Waals surface area contributed by atoms with Crippen LogP contribution in [0.1, 0.15) is 25.5 Å². The lowest BCUT2D eigenvalue weighted by Gasteiger charge is -2.29. The largest absolute Gasteiger partial charge is 0.382 e. The Bertz CT molecular complexity index is 332. The summed E-state index contributed by atoms with van der Waals surface area (Å²) in [5, 5.41) is 7.03. The molecule has 1 aromatic rings. The molecule has 0 spiro atoms. The zero-order valence-electron chi connectivity index (χ0n) is 10.2. The van der Waals surface area contributed by atoms with Gasteiger partial charge in [0.15, 0.2) is 0 Å². The van der Waals surface area contributed by atoms with Crippen molar-refractivity contribution >= 4 is 5.69 Å². The number of nitrogens with zero attached hydrogens (tertiary/aromatic N) is 1. The zero-order valence-corrected chi connectivity index (χ0v) is 10.2. The molecule has 2 unspecified atom stereocenters. The maximum absolute atomic E-state index is 4.21. The molecule has 2 rings (SSSR count). The molecule has 1 aliphatic rings. The highest BCUT2D eigenvalue weighted by Crippen LogP contribution is 2.18. The quantitative estimate of drug-likeness (QED) is 0.818. The number of piperidine rings is 1. The smallest absolute Gasteiger partial charge is 0.0393 e. The van der Waals surface area contributed by atoms with E-state index in [0.717, 1.165) is 18.2 Å². The van der Waals surface area contributed by atoms with Gasteiger partial charge in [-0.2, -0.15) is 0 Å². The molecule has 0 aromatic carbocycles. The van der Waals surface area contributed by atoms with Gasteiger partial charge in [-0.1, -0.05) is 0 Å². The van der Waals surface area contributed by atoms with Crippen molar-refractivity contribution in [2.75, 3.05) is 18.4 Å². The summed E-state index contributed by atoms with van der Waals surface area (Å²) in [6.07, 6.45) is 4.49. The summed E-state index contributed by atoms with van der Waals surface area (Å²) in [6, 6.07) is 4.67. The number of hydrogen-bond donors (Lipinski definition) is 2. The summed E-state index contributed by atoms with van der Waals surface area (Å²) in [5.74, 6) is 0.738. The minimum Gasteiger partial charge on any atom is -0.382 e. The van der Waals surface area contributed by atoms with Crippen molar-refractivity contribution in [3.8, 4) is 0 Å². The molecular weight excluding hydrogens is 198 g/mol. The highest BCUT2D eigenvalue weighted by atomic mass is 15.0. The number of nitrogens with one attached hydrogen (secondary N) is 2. The van der Waals surface area contributed by atoms with Gasteiger partial charge in [0, 0.05) is 23.6 Å². The monoisotopic (exact) mass is 219 g/mol. The van der Waals surface area contributed by atoms with E-state index in [4.69, 9.17) is 0 Å². The molecule has 1 fully saturated rings. The van der Waals surface area contributed by atoms with Gasteiger partial charge in [-0.05, 0) is 57.8 Å². The molecule has 3 heteroatoms. The van der Waals surface area contributed by atoms with Gasteiger partial charge in [0.2, 0.25) is 0 Å². The Hall–Kier alpha value is -1.09. The molecular formula is C13H21N3. The lowest BCUT2D eigenvalue weighted by molar-refractivity contribution is 0.347. The average molecular weight is 219 g/mol. The number of rotatable bonds is 3. The van der Waals surface area contributed by atoms with Gasteiger partial charge in [-0.25, -0.2) is 0 Å². The maximum Gasteiger partial charge on any atom is 0.0393 e. The van der Waals surface area contributed by atoms with Crippen LogP contribution in [-0.2, 0) is 0 Å². The van der Waals surface area contributed by atoms with Crippen molar-refractivity contribution < 1.29 is 0 Å². The molecule has 0 bridgehead atoms. The fourth-order valence-electron chi connectivity index (χ4n) is 2.32. The maximum atomic E-state index is 4.21. The lowest BCUT2D eigenvalue weighted by Crippen LogP contribution is -2.38. The van der Waals surface area contributed by atoms with Gasteiger partial charge in [0.1, 0.15) is 0 Å². The molecule has 88 valence electrons. The minimum absolute atomic E-state index is 0.523. The van der Waals surface area contributed by atoms with E-state index in [1.807, 2.05) is 19.2 Å². The normalized spacial score (nSPS) is 22.8. The molecule has 1 saturated heterocycles. The standard InChI is InChI=1S/C13H21N3/c1-10-8-13(5-7-15-10)16-11(2)12-4-3-6-14-9-12/h5,7-8,11-12,14H,3-4,6,9H2,1-2H3,(H,15,16). The summed E-state index contributed by atoms with van der Waals surface area (Å²) in [6.45, 7) is 6.61. The topological polar surface area (TPSA) is 37.0 Å². The van der Waals surface area contributed by atoms with Crippen molar-refractivity contribution in [1.82, 2.24) is 10.3 Å². The van der Waals surface area contributed by atoms with Crippen LogP contribution >= 0.6 is 0 Å². The molecule has 1 aromatic heterocycles. The van der Waals surface area contributed by atoms with Gasteiger partial charge in [0.05, 0.1) is 0 Å². The first-order chi connectivity index (χ1) is 7.75. The van der Waals surface area contributed by atoms with Crippen molar-refractivity contribution in [3.63, 3.8) is 0 Å². The summed E-state index contributed by atoms with van der Waals surface area (Å²) in [5.41, 5.74) is 2.25. The van der Waals surface area contributed by atoms with Crippen LogP contribution in [0.4, 0.5) is 5.69 Å². The number of aryl methyl sites for hydroxylation is 1. The molecule has 2 atom stereocenters. The van der Waals surface area contributed by atoms with Gasteiger partial charge >= 0.3 is 0 Å². The van der Waals surface area contributed by atoms with E-state index < -0.39 is 0 Å². The SMILES string of the molecule is Cc1cc(NC(C)C2CCCNC2)ccn1. The molecule has 0 saturated carbocycles. The van der Waals surface area contributed by atoms with Crippen LogP contribution in [0.2, 0.25) is 0 Å². The van der Waals surface area contributed by atoms with Crippen LogP contribution in [0.15, 0.2) is 18.3 Å². The Morgan fingerprint density at radius 3 is 3.12 bits per heavy atom. The van der Waals surface area contributed by atoms with Crippen molar-refractivity contribution in [2.24, 2.45) is 5.92 Å². The van der Waals surface area contributed by atoms with Gasteiger partial charge < -0.3 is 10.6 Å². The first-order valence-electron chi connectivity index (χ1n) is 6.15. The summed E-state index contributed by atoms with van der Waals surface area (Å²) in [4.78, 5) is 4.21. The summed E-state index contributed by atoms with van der Waals surface area (Å²) in [7, 11) is 0. The van der Waals surface area contributed by atoms with E-state index in [1.54, 1.807) is 0 Å². The van der Waals surface area contributed by atoms with E-state index in [1.165, 1.54) is 25.1 Å². The molecule has 1 aliphatic heterocycles. The third-order valence-electron chi connectivity index (χ3n) is 3.33. The Labute approximate surface area is 97.7 Å². The molecule has 16 heavy (non-hydrogen) atoms. The molecule has 0 radical (unpaired) electrons. The summed E-state index contributed by atoms with van der Waals surface area (Å²) >= 11 is 0. The van der Waals surface area contributed by atoms with E-state index in [-0.39, 0.29) is 0 Å². The van der Waals surface area contributed by atoms with Crippen LogP contribution < -0.4 is 10.6 Å². The predicted octanol–water partition coefficient (Wildman–Crippen LogP) is 2.19. The second-order valence-electron chi connectivity index (χ2n) is 4.73. The number of aromatic nitrogens is 1. The van der Waals surface area contributed by atoms with Crippen LogP contribution in [0.3, 0.4) is 0 Å². The van der Waals surface area contributed by atoms with Gasteiger partial charge in [0.25, 0.3) is 0 Å². The van der Waals surface area contributed by atoms with Crippen LogP contribution in [-0.4, -0.2) is 24.1 Å². The molecule has 2 heterocycles. The highest BCUT2D eigenvalue weighted by molar-refractivity contribution is 5.43. The third-order valence-corrected chi connectivity index (χ3v) is 3.33.